The van der Waals surface area contributed by atoms with E-state index in [4.69, 9.17) is 0 Å². The first-order valence-corrected chi connectivity index (χ1v) is 6.59. The second-order valence-corrected chi connectivity index (χ2v) is 5.76. The molecular weight excluding hydrogens is 226 g/mol. The van der Waals surface area contributed by atoms with Crippen molar-refractivity contribution in [1.82, 2.24) is 4.31 Å². The van der Waals surface area contributed by atoms with E-state index in [2.05, 4.69) is 0 Å². The Hall–Kier alpha value is -1.36. The van der Waals surface area contributed by atoms with Gasteiger partial charge in [0.15, 0.2) is 0 Å². The highest BCUT2D eigenvalue weighted by molar-refractivity contribution is 7.90. The van der Waals surface area contributed by atoms with Crippen LogP contribution in [0.3, 0.4) is 0 Å². The first-order chi connectivity index (χ1) is 7.50. The predicted octanol–water partition coefficient (Wildman–Crippen LogP) is 1.41. The smallest absolute Gasteiger partial charge is 0.268 e. The summed E-state index contributed by atoms with van der Waals surface area (Å²) in [5.41, 5.74) is 1.17. The van der Waals surface area contributed by atoms with E-state index < -0.39 is 15.9 Å². The molecule has 1 aromatic carbocycles. The maximum absolute atomic E-state index is 11.9. The normalized spacial score (nSPS) is 17.6. The Morgan fingerprint density at radius 1 is 1.31 bits per heavy atom. The monoisotopic (exact) mass is 239 g/mol. The number of hydrogen-bond acceptors (Lipinski definition) is 3. The highest BCUT2D eigenvalue weighted by atomic mass is 32.2. The van der Waals surface area contributed by atoms with Gasteiger partial charge in [-0.15, -0.1) is 0 Å². The number of nitrogens with zero attached hydrogens (tertiary/aromatic N) is 1. The van der Waals surface area contributed by atoms with Crippen molar-refractivity contribution in [2.24, 2.45) is 0 Å². The van der Waals surface area contributed by atoms with Crippen LogP contribution in [0.15, 0.2) is 23.1 Å². The van der Waals surface area contributed by atoms with Gasteiger partial charge in [-0.3, -0.25) is 4.79 Å². The molecule has 0 aliphatic carbocycles. The Kier molecular flexibility index (Phi) is 2.50. The van der Waals surface area contributed by atoms with Crippen LogP contribution < -0.4 is 0 Å². The van der Waals surface area contributed by atoms with Crippen LogP contribution in [0.4, 0.5) is 0 Å². The van der Waals surface area contributed by atoms with Crippen molar-refractivity contribution in [2.75, 3.05) is 7.05 Å². The van der Waals surface area contributed by atoms with E-state index in [-0.39, 0.29) is 4.90 Å². The van der Waals surface area contributed by atoms with Crippen LogP contribution in [0.2, 0.25) is 0 Å². The number of aryl methyl sites for hydroxylation is 1. The fourth-order valence-corrected chi connectivity index (χ4v) is 3.26. The summed E-state index contributed by atoms with van der Waals surface area (Å²) in [5.74, 6) is -0.418. The van der Waals surface area contributed by atoms with E-state index in [1.807, 2.05) is 13.0 Å². The summed E-state index contributed by atoms with van der Waals surface area (Å²) in [6, 6.07) is 4.99. The average molecular weight is 239 g/mol. The molecule has 0 saturated carbocycles. The Balaban J connectivity index is 2.71. The lowest BCUT2D eigenvalue weighted by Crippen LogP contribution is -2.25. The SMILES string of the molecule is CCCc1cccc2c1C(=O)N(C)S2(=O)=O. The van der Waals surface area contributed by atoms with Gasteiger partial charge in [0.1, 0.15) is 4.90 Å². The summed E-state index contributed by atoms with van der Waals surface area (Å²) < 4.78 is 24.5. The first-order valence-electron chi connectivity index (χ1n) is 5.15. The molecule has 0 unspecified atom stereocenters. The van der Waals surface area contributed by atoms with Crippen molar-refractivity contribution >= 4 is 15.9 Å². The topological polar surface area (TPSA) is 54.5 Å². The molecule has 86 valence electrons. The largest absolute Gasteiger partial charge is 0.269 e. The van der Waals surface area contributed by atoms with Gasteiger partial charge in [0.2, 0.25) is 0 Å². The molecule has 0 N–H and O–H groups in total. The van der Waals surface area contributed by atoms with Gasteiger partial charge in [-0.1, -0.05) is 25.5 Å². The number of carbonyl (C=O) groups excluding carboxylic acids is 1. The fraction of sp³-hybridized carbons (Fsp3) is 0.364. The van der Waals surface area contributed by atoms with Gasteiger partial charge in [0.05, 0.1) is 5.56 Å². The lowest BCUT2D eigenvalue weighted by molar-refractivity contribution is 0.0890. The minimum atomic E-state index is -3.59. The van der Waals surface area contributed by atoms with Gasteiger partial charge in [-0.2, -0.15) is 0 Å². The van der Waals surface area contributed by atoms with E-state index in [0.717, 1.165) is 22.7 Å². The highest BCUT2D eigenvalue weighted by Crippen LogP contribution is 2.31. The summed E-state index contributed by atoms with van der Waals surface area (Å²) in [6.45, 7) is 2.00. The minimum Gasteiger partial charge on any atom is -0.268 e. The van der Waals surface area contributed by atoms with Crippen molar-refractivity contribution in [2.45, 2.75) is 24.7 Å². The third-order valence-corrected chi connectivity index (χ3v) is 4.55. The number of fused-ring (bicyclic) bond motifs is 1. The van der Waals surface area contributed by atoms with Crippen molar-refractivity contribution in [1.29, 1.82) is 0 Å². The number of carbonyl (C=O) groups is 1. The molecule has 0 aromatic heterocycles. The summed E-state index contributed by atoms with van der Waals surface area (Å²) >= 11 is 0. The zero-order valence-corrected chi connectivity index (χ0v) is 10.0. The molecule has 1 amide bonds. The van der Waals surface area contributed by atoms with E-state index >= 15 is 0 Å². The molecule has 4 nitrogen and oxygen atoms in total. The maximum atomic E-state index is 11.9. The third-order valence-electron chi connectivity index (χ3n) is 2.77. The number of rotatable bonds is 2. The van der Waals surface area contributed by atoms with Crippen LogP contribution in [-0.4, -0.2) is 25.7 Å². The third kappa shape index (κ3) is 1.35. The summed E-state index contributed by atoms with van der Waals surface area (Å²) in [5, 5.41) is 0. The van der Waals surface area contributed by atoms with Gasteiger partial charge in [-0.25, -0.2) is 12.7 Å². The Bertz CT molecular complexity index is 548. The molecule has 1 aliphatic rings. The van der Waals surface area contributed by atoms with E-state index in [9.17, 15) is 13.2 Å². The maximum Gasteiger partial charge on any atom is 0.269 e. The van der Waals surface area contributed by atoms with Crippen molar-refractivity contribution in [3.8, 4) is 0 Å². The van der Waals surface area contributed by atoms with Gasteiger partial charge < -0.3 is 0 Å². The highest BCUT2D eigenvalue weighted by Gasteiger charge is 2.39. The number of hydrogen-bond donors (Lipinski definition) is 0. The first kappa shape index (κ1) is 11.1. The molecule has 5 heteroatoms. The second kappa shape index (κ2) is 3.59. The quantitative estimate of drug-likeness (QED) is 0.784. The van der Waals surface area contributed by atoms with Gasteiger partial charge in [0.25, 0.3) is 15.9 Å². The van der Waals surface area contributed by atoms with Crippen LogP contribution in [0, 0.1) is 0 Å². The van der Waals surface area contributed by atoms with Gasteiger partial charge in [0, 0.05) is 7.05 Å². The molecule has 0 fully saturated rings. The zero-order chi connectivity index (χ0) is 11.9. The Morgan fingerprint density at radius 2 is 2.00 bits per heavy atom. The minimum absolute atomic E-state index is 0.144. The van der Waals surface area contributed by atoms with Gasteiger partial charge in [-0.05, 0) is 18.1 Å². The lowest BCUT2D eigenvalue weighted by atomic mass is 10.0. The molecule has 0 atom stereocenters. The molecule has 1 aromatic rings. The van der Waals surface area contributed by atoms with Crippen LogP contribution in [0.5, 0.6) is 0 Å². The zero-order valence-electron chi connectivity index (χ0n) is 9.23. The average Bonchev–Trinajstić information content (AvgIpc) is 2.42. The molecule has 1 heterocycles. The molecule has 2 rings (SSSR count). The van der Waals surface area contributed by atoms with Crippen LogP contribution in [0.1, 0.15) is 29.3 Å². The number of amides is 1. The van der Waals surface area contributed by atoms with E-state index in [0.29, 0.717) is 5.56 Å². The molecule has 1 aliphatic heterocycles. The van der Waals surface area contributed by atoms with Crippen LogP contribution in [0.25, 0.3) is 0 Å². The predicted molar refractivity (Wildman–Crippen MR) is 59.7 cm³/mol. The van der Waals surface area contributed by atoms with Crippen LogP contribution >= 0.6 is 0 Å². The van der Waals surface area contributed by atoms with Gasteiger partial charge >= 0.3 is 0 Å². The second-order valence-electron chi connectivity index (χ2n) is 3.82. The van der Waals surface area contributed by atoms with E-state index in [1.165, 1.54) is 13.1 Å². The summed E-state index contributed by atoms with van der Waals surface area (Å²) in [7, 11) is -2.29. The summed E-state index contributed by atoms with van der Waals surface area (Å²) in [4.78, 5) is 12.0. The number of benzene rings is 1. The fourth-order valence-electron chi connectivity index (χ4n) is 1.93. The standard InChI is InChI=1S/C11H13NO3S/c1-3-5-8-6-4-7-9-10(8)11(13)12(2)16(9,14)15/h4,6-7H,3,5H2,1-2H3. The van der Waals surface area contributed by atoms with Crippen molar-refractivity contribution in [3.63, 3.8) is 0 Å². The van der Waals surface area contributed by atoms with Crippen LogP contribution in [-0.2, 0) is 16.4 Å². The summed E-state index contributed by atoms with van der Waals surface area (Å²) in [6.07, 6.45) is 1.60. The Labute approximate surface area is 94.9 Å². The molecule has 0 bridgehead atoms. The molecular formula is C11H13NO3S. The van der Waals surface area contributed by atoms with Crippen molar-refractivity contribution in [3.05, 3.63) is 29.3 Å². The molecule has 16 heavy (non-hydrogen) atoms. The Morgan fingerprint density at radius 3 is 2.62 bits per heavy atom. The van der Waals surface area contributed by atoms with Crippen molar-refractivity contribution < 1.29 is 13.2 Å². The molecule has 0 saturated heterocycles. The molecule has 0 spiro atoms. The number of sulfonamides is 1. The van der Waals surface area contributed by atoms with E-state index in [1.54, 1.807) is 6.07 Å². The molecule has 0 radical (unpaired) electrons. The lowest BCUT2D eigenvalue weighted by Gasteiger charge is -2.05.